The summed E-state index contributed by atoms with van der Waals surface area (Å²) in [6.07, 6.45) is 4.81. The highest BCUT2D eigenvalue weighted by Crippen LogP contribution is 2.26. The van der Waals surface area contributed by atoms with Gasteiger partial charge >= 0.3 is 0 Å². The van der Waals surface area contributed by atoms with Crippen LogP contribution < -0.4 is 10.1 Å². The van der Waals surface area contributed by atoms with E-state index in [-0.39, 0.29) is 6.04 Å². The molecule has 0 aliphatic rings. The van der Waals surface area contributed by atoms with Crippen LogP contribution in [-0.4, -0.2) is 18.6 Å². The second kappa shape index (κ2) is 7.06. The van der Waals surface area contributed by atoms with Gasteiger partial charge in [-0.05, 0) is 47.9 Å². The summed E-state index contributed by atoms with van der Waals surface area (Å²) >= 11 is 0. The second-order valence-corrected chi connectivity index (χ2v) is 4.69. The predicted molar refractivity (Wildman–Crippen MR) is 82.1 cm³/mol. The fraction of sp³-hybridized carbons (Fsp3) is 0.353. The summed E-state index contributed by atoms with van der Waals surface area (Å²) in [4.78, 5) is 4.23. The minimum atomic E-state index is 0.198. The van der Waals surface area contributed by atoms with E-state index < -0.39 is 0 Å². The number of methoxy groups -OCH3 is 1. The Morgan fingerprint density at radius 1 is 1.15 bits per heavy atom. The third-order valence-corrected chi connectivity index (χ3v) is 3.49. The van der Waals surface area contributed by atoms with Crippen LogP contribution in [-0.2, 0) is 6.42 Å². The number of benzene rings is 1. The molecule has 2 rings (SSSR count). The third-order valence-electron chi connectivity index (χ3n) is 3.49. The molecule has 2 aromatic rings. The SMILES string of the molecule is CCNC(c1ccc(OC)cc1)c1ccncc1CC. The molecule has 0 fully saturated rings. The largest absolute Gasteiger partial charge is 0.497 e. The van der Waals surface area contributed by atoms with Crippen LogP contribution in [0.1, 0.15) is 36.6 Å². The fourth-order valence-electron chi connectivity index (χ4n) is 2.42. The standard InChI is InChI=1S/C17H22N2O/c1-4-13-12-18-11-10-16(13)17(19-5-2)14-6-8-15(20-3)9-7-14/h6-12,17,19H,4-5H2,1-3H3. The van der Waals surface area contributed by atoms with Crippen LogP contribution >= 0.6 is 0 Å². The molecule has 0 aliphatic carbocycles. The first-order chi connectivity index (χ1) is 9.80. The van der Waals surface area contributed by atoms with Crippen molar-refractivity contribution in [3.8, 4) is 5.75 Å². The zero-order valence-electron chi connectivity index (χ0n) is 12.4. The molecule has 0 bridgehead atoms. The van der Waals surface area contributed by atoms with Crippen molar-refractivity contribution in [3.05, 3.63) is 59.4 Å². The van der Waals surface area contributed by atoms with E-state index in [0.717, 1.165) is 18.7 Å². The van der Waals surface area contributed by atoms with Crippen LogP contribution in [0.15, 0.2) is 42.7 Å². The van der Waals surface area contributed by atoms with Gasteiger partial charge in [0.25, 0.3) is 0 Å². The maximum Gasteiger partial charge on any atom is 0.118 e. The quantitative estimate of drug-likeness (QED) is 0.874. The highest BCUT2D eigenvalue weighted by atomic mass is 16.5. The van der Waals surface area contributed by atoms with Crippen LogP contribution in [0.2, 0.25) is 0 Å². The highest BCUT2D eigenvalue weighted by molar-refractivity contribution is 5.38. The number of nitrogens with zero attached hydrogens (tertiary/aromatic N) is 1. The average molecular weight is 270 g/mol. The Labute approximate surface area is 121 Å². The van der Waals surface area contributed by atoms with E-state index in [1.165, 1.54) is 16.7 Å². The molecular weight excluding hydrogens is 248 g/mol. The lowest BCUT2D eigenvalue weighted by atomic mass is 9.94. The van der Waals surface area contributed by atoms with Gasteiger partial charge in [0.2, 0.25) is 0 Å². The summed E-state index contributed by atoms with van der Waals surface area (Å²) < 4.78 is 5.23. The van der Waals surface area contributed by atoms with E-state index in [1.54, 1.807) is 7.11 Å². The van der Waals surface area contributed by atoms with Gasteiger partial charge in [-0.15, -0.1) is 0 Å². The maximum absolute atomic E-state index is 5.23. The molecule has 3 heteroatoms. The lowest BCUT2D eigenvalue weighted by Gasteiger charge is -2.21. The van der Waals surface area contributed by atoms with E-state index in [1.807, 2.05) is 24.5 Å². The first-order valence-corrected chi connectivity index (χ1v) is 7.10. The topological polar surface area (TPSA) is 34.1 Å². The molecule has 0 amide bonds. The molecule has 0 saturated carbocycles. The molecule has 0 radical (unpaired) electrons. The molecule has 0 aliphatic heterocycles. The molecule has 1 unspecified atom stereocenters. The lowest BCUT2D eigenvalue weighted by molar-refractivity contribution is 0.414. The highest BCUT2D eigenvalue weighted by Gasteiger charge is 2.15. The van der Waals surface area contributed by atoms with Gasteiger partial charge in [0.05, 0.1) is 13.2 Å². The van der Waals surface area contributed by atoms with Gasteiger partial charge in [0.1, 0.15) is 5.75 Å². The number of aromatic nitrogens is 1. The van der Waals surface area contributed by atoms with Crippen LogP contribution in [0, 0.1) is 0 Å². The number of rotatable bonds is 6. The number of aryl methyl sites for hydroxylation is 1. The summed E-state index contributed by atoms with van der Waals surface area (Å²) in [5.41, 5.74) is 3.83. The van der Waals surface area contributed by atoms with Crippen LogP contribution in [0.5, 0.6) is 5.75 Å². The lowest BCUT2D eigenvalue weighted by Crippen LogP contribution is -2.23. The Hall–Kier alpha value is -1.87. The summed E-state index contributed by atoms with van der Waals surface area (Å²) in [5.74, 6) is 0.884. The number of hydrogen-bond donors (Lipinski definition) is 1. The second-order valence-electron chi connectivity index (χ2n) is 4.69. The van der Waals surface area contributed by atoms with Gasteiger partial charge in [-0.1, -0.05) is 26.0 Å². The van der Waals surface area contributed by atoms with Gasteiger partial charge in [-0.3, -0.25) is 4.98 Å². The molecule has 1 N–H and O–H groups in total. The molecule has 20 heavy (non-hydrogen) atoms. The van der Waals surface area contributed by atoms with Crippen molar-refractivity contribution in [1.82, 2.24) is 10.3 Å². The number of pyridine rings is 1. The Kier molecular flexibility index (Phi) is 5.13. The summed E-state index contributed by atoms with van der Waals surface area (Å²) in [7, 11) is 1.69. The molecule has 1 atom stereocenters. The molecule has 0 spiro atoms. The zero-order chi connectivity index (χ0) is 14.4. The van der Waals surface area contributed by atoms with Gasteiger partial charge in [0, 0.05) is 12.4 Å². The van der Waals surface area contributed by atoms with E-state index in [2.05, 4.69) is 42.3 Å². The van der Waals surface area contributed by atoms with E-state index >= 15 is 0 Å². The van der Waals surface area contributed by atoms with E-state index in [4.69, 9.17) is 4.74 Å². The van der Waals surface area contributed by atoms with Crippen molar-refractivity contribution in [1.29, 1.82) is 0 Å². The molecule has 1 heterocycles. The Morgan fingerprint density at radius 2 is 1.90 bits per heavy atom. The fourth-order valence-corrected chi connectivity index (χ4v) is 2.42. The van der Waals surface area contributed by atoms with E-state index in [0.29, 0.717) is 0 Å². The number of hydrogen-bond acceptors (Lipinski definition) is 3. The zero-order valence-corrected chi connectivity index (χ0v) is 12.4. The van der Waals surface area contributed by atoms with Gasteiger partial charge < -0.3 is 10.1 Å². The maximum atomic E-state index is 5.23. The normalized spacial score (nSPS) is 12.2. The molecule has 1 aromatic heterocycles. The predicted octanol–water partition coefficient (Wildman–Crippen LogP) is 3.35. The number of ether oxygens (including phenoxy) is 1. The Morgan fingerprint density at radius 3 is 2.50 bits per heavy atom. The minimum Gasteiger partial charge on any atom is -0.497 e. The van der Waals surface area contributed by atoms with Gasteiger partial charge in [-0.25, -0.2) is 0 Å². The summed E-state index contributed by atoms with van der Waals surface area (Å²) in [6, 6.07) is 10.6. The van der Waals surface area contributed by atoms with Crippen molar-refractivity contribution in [2.45, 2.75) is 26.3 Å². The van der Waals surface area contributed by atoms with Crippen molar-refractivity contribution in [3.63, 3.8) is 0 Å². The summed E-state index contributed by atoms with van der Waals surface area (Å²) in [5, 5.41) is 3.56. The molecule has 106 valence electrons. The molecular formula is C17H22N2O. The Bertz CT molecular complexity index is 537. The molecule has 3 nitrogen and oxygen atoms in total. The van der Waals surface area contributed by atoms with Crippen molar-refractivity contribution in [2.24, 2.45) is 0 Å². The van der Waals surface area contributed by atoms with Gasteiger partial charge in [0.15, 0.2) is 0 Å². The van der Waals surface area contributed by atoms with Crippen LogP contribution in [0.4, 0.5) is 0 Å². The first-order valence-electron chi connectivity index (χ1n) is 7.10. The summed E-state index contributed by atoms with van der Waals surface area (Å²) in [6.45, 7) is 5.21. The van der Waals surface area contributed by atoms with Gasteiger partial charge in [-0.2, -0.15) is 0 Å². The van der Waals surface area contributed by atoms with Crippen molar-refractivity contribution >= 4 is 0 Å². The van der Waals surface area contributed by atoms with Crippen molar-refractivity contribution < 1.29 is 4.74 Å². The smallest absolute Gasteiger partial charge is 0.118 e. The molecule has 1 aromatic carbocycles. The van der Waals surface area contributed by atoms with Crippen molar-refractivity contribution in [2.75, 3.05) is 13.7 Å². The Balaban J connectivity index is 2.39. The minimum absolute atomic E-state index is 0.198. The molecule has 0 saturated heterocycles. The van der Waals surface area contributed by atoms with Crippen LogP contribution in [0.25, 0.3) is 0 Å². The van der Waals surface area contributed by atoms with Crippen LogP contribution in [0.3, 0.4) is 0 Å². The first kappa shape index (κ1) is 14.5. The monoisotopic (exact) mass is 270 g/mol. The van der Waals surface area contributed by atoms with E-state index in [9.17, 15) is 0 Å². The average Bonchev–Trinajstić information content (AvgIpc) is 2.53. The third kappa shape index (κ3) is 3.17. The number of nitrogens with one attached hydrogen (secondary N) is 1.